The van der Waals surface area contributed by atoms with Crippen LogP contribution in [0.2, 0.25) is 0 Å². The quantitative estimate of drug-likeness (QED) is 0.671. The molecule has 0 radical (unpaired) electrons. The van der Waals surface area contributed by atoms with Crippen LogP contribution in [0, 0.1) is 5.92 Å². The first-order valence-corrected chi connectivity index (χ1v) is 6.53. The van der Waals surface area contributed by atoms with Gasteiger partial charge in [-0.3, -0.25) is 4.79 Å². The summed E-state index contributed by atoms with van der Waals surface area (Å²) in [7, 11) is 0. The Balaban J connectivity index is 1.59. The highest BCUT2D eigenvalue weighted by Crippen LogP contribution is 2.06. The molecule has 1 aromatic carbocycles. The Hall–Kier alpha value is -1.43. The van der Waals surface area contributed by atoms with Crippen molar-refractivity contribution in [3.63, 3.8) is 0 Å². The van der Waals surface area contributed by atoms with Crippen LogP contribution in [-0.4, -0.2) is 43.4 Å². The normalized spacial score (nSPS) is 22.4. The highest BCUT2D eigenvalue weighted by atomic mass is 16.5. The van der Waals surface area contributed by atoms with E-state index in [1.165, 1.54) is 0 Å². The average molecular weight is 264 g/mol. The summed E-state index contributed by atoms with van der Waals surface area (Å²) in [6.07, 6.45) is -0.370. The van der Waals surface area contributed by atoms with Gasteiger partial charge in [0, 0.05) is 25.6 Å². The van der Waals surface area contributed by atoms with Crippen LogP contribution in [0.15, 0.2) is 30.3 Å². The van der Waals surface area contributed by atoms with Crippen molar-refractivity contribution in [3.05, 3.63) is 35.9 Å². The lowest BCUT2D eigenvalue weighted by Gasteiger charge is -2.14. The standard InChI is InChI=1S/C14H20N2O3/c17-13-8-15-6-12(13)7-16-14(18)10-19-9-11-4-2-1-3-5-11/h1-5,12-13,15,17H,6-10H2,(H,16,18). The molecule has 0 spiro atoms. The summed E-state index contributed by atoms with van der Waals surface area (Å²) in [6.45, 7) is 2.31. The fourth-order valence-corrected chi connectivity index (χ4v) is 2.06. The molecule has 0 aliphatic carbocycles. The van der Waals surface area contributed by atoms with Crippen LogP contribution in [0.1, 0.15) is 5.56 Å². The van der Waals surface area contributed by atoms with E-state index in [2.05, 4.69) is 10.6 Å². The zero-order valence-electron chi connectivity index (χ0n) is 10.8. The summed E-state index contributed by atoms with van der Waals surface area (Å²) < 4.78 is 5.33. The van der Waals surface area contributed by atoms with Crippen LogP contribution in [0.4, 0.5) is 0 Å². The fourth-order valence-electron chi connectivity index (χ4n) is 2.06. The summed E-state index contributed by atoms with van der Waals surface area (Å²) in [5, 5.41) is 15.4. The molecule has 2 rings (SSSR count). The van der Waals surface area contributed by atoms with Crippen molar-refractivity contribution < 1.29 is 14.6 Å². The second-order valence-electron chi connectivity index (χ2n) is 4.77. The van der Waals surface area contributed by atoms with Gasteiger partial charge in [-0.1, -0.05) is 30.3 Å². The Labute approximate surface area is 113 Å². The summed E-state index contributed by atoms with van der Waals surface area (Å²) in [6, 6.07) is 9.73. The molecule has 5 heteroatoms. The fraction of sp³-hybridized carbons (Fsp3) is 0.500. The van der Waals surface area contributed by atoms with Crippen LogP contribution in [0.3, 0.4) is 0 Å². The first-order chi connectivity index (χ1) is 9.25. The van der Waals surface area contributed by atoms with Crippen molar-refractivity contribution in [1.82, 2.24) is 10.6 Å². The van der Waals surface area contributed by atoms with Crippen LogP contribution < -0.4 is 10.6 Å². The Morgan fingerprint density at radius 3 is 2.84 bits per heavy atom. The van der Waals surface area contributed by atoms with Crippen LogP contribution in [0.5, 0.6) is 0 Å². The first kappa shape index (κ1) is 14.0. The maximum absolute atomic E-state index is 11.6. The zero-order valence-corrected chi connectivity index (χ0v) is 10.8. The number of hydrogen-bond donors (Lipinski definition) is 3. The second-order valence-corrected chi connectivity index (χ2v) is 4.77. The molecule has 2 unspecified atom stereocenters. The first-order valence-electron chi connectivity index (χ1n) is 6.53. The number of aliphatic hydroxyl groups is 1. The minimum atomic E-state index is -0.370. The highest BCUT2D eigenvalue weighted by molar-refractivity contribution is 5.77. The van der Waals surface area contributed by atoms with E-state index >= 15 is 0 Å². The van der Waals surface area contributed by atoms with E-state index in [0.717, 1.165) is 12.1 Å². The van der Waals surface area contributed by atoms with Crippen molar-refractivity contribution in [2.24, 2.45) is 5.92 Å². The Bertz CT molecular complexity index is 397. The summed E-state index contributed by atoms with van der Waals surface area (Å²) >= 11 is 0. The molecule has 0 bridgehead atoms. The molecule has 5 nitrogen and oxygen atoms in total. The van der Waals surface area contributed by atoms with Gasteiger partial charge in [0.2, 0.25) is 5.91 Å². The lowest BCUT2D eigenvalue weighted by molar-refractivity contribution is -0.126. The third-order valence-electron chi connectivity index (χ3n) is 3.21. The van der Waals surface area contributed by atoms with Crippen molar-refractivity contribution >= 4 is 5.91 Å². The van der Waals surface area contributed by atoms with Crippen LogP contribution in [-0.2, 0) is 16.1 Å². The number of aliphatic hydroxyl groups excluding tert-OH is 1. The van der Waals surface area contributed by atoms with E-state index in [9.17, 15) is 9.90 Å². The molecule has 1 heterocycles. The highest BCUT2D eigenvalue weighted by Gasteiger charge is 2.24. The Morgan fingerprint density at radius 1 is 1.37 bits per heavy atom. The lowest BCUT2D eigenvalue weighted by Crippen LogP contribution is -2.36. The number of carbonyl (C=O) groups is 1. The van der Waals surface area contributed by atoms with Crippen molar-refractivity contribution in [2.75, 3.05) is 26.2 Å². The van der Waals surface area contributed by atoms with Gasteiger partial charge in [0.05, 0.1) is 12.7 Å². The molecule has 1 fully saturated rings. The third kappa shape index (κ3) is 4.63. The molecule has 1 aromatic rings. The molecule has 1 saturated heterocycles. The number of nitrogens with one attached hydrogen (secondary N) is 2. The molecular weight excluding hydrogens is 244 g/mol. The predicted octanol–water partition coefficient (Wildman–Crippen LogP) is -0.100. The molecular formula is C14H20N2O3. The lowest BCUT2D eigenvalue weighted by atomic mass is 10.1. The molecule has 1 aliphatic heterocycles. The number of benzene rings is 1. The SMILES string of the molecule is O=C(COCc1ccccc1)NCC1CNCC1O. The van der Waals surface area contributed by atoms with Gasteiger partial charge in [-0.25, -0.2) is 0 Å². The minimum absolute atomic E-state index is 0.0468. The molecule has 0 saturated carbocycles. The van der Waals surface area contributed by atoms with Crippen molar-refractivity contribution in [3.8, 4) is 0 Å². The van der Waals surface area contributed by atoms with Gasteiger partial charge in [-0.15, -0.1) is 0 Å². The predicted molar refractivity (Wildman–Crippen MR) is 71.5 cm³/mol. The van der Waals surface area contributed by atoms with E-state index in [0.29, 0.717) is 19.7 Å². The number of carbonyl (C=O) groups excluding carboxylic acids is 1. The molecule has 1 aliphatic rings. The number of β-amino-alcohol motifs (C(OH)–C–C–N with tert-alkyl or cyclic N) is 1. The summed E-state index contributed by atoms with van der Waals surface area (Å²) in [5.41, 5.74) is 1.05. The summed E-state index contributed by atoms with van der Waals surface area (Å²) in [4.78, 5) is 11.6. The minimum Gasteiger partial charge on any atom is -0.391 e. The molecule has 104 valence electrons. The monoisotopic (exact) mass is 264 g/mol. The topological polar surface area (TPSA) is 70.6 Å². The number of amides is 1. The summed E-state index contributed by atoms with van der Waals surface area (Å²) in [5.74, 6) is -0.0481. The molecule has 2 atom stereocenters. The number of rotatable bonds is 6. The van der Waals surface area contributed by atoms with E-state index in [1.54, 1.807) is 0 Å². The van der Waals surface area contributed by atoms with Gasteiger partial charge in [0.1, 0.15) is 6.61 Å². The van der Waals surface area contributed by atoms with E-state index in [4.69, 9.17) is 4.74 Å². The van der Waals surface area contributed by atoms with E-state index in [-0.39, 0.29) is 24.5 Å². The van der Waals surface area contributed by atoms with Gasteiger partial charge in [-0.05, 0) is 5.56 Å². The Kier molecular flexibility index (Phi) is 5.32. The molecule has 1 amide bonds. The Morgan fingerprint density at radius 2 is 2.16 bits per heavy atom. The van der Waals surface area contributed by atoms with Gasteiger partial charge in [-0.2, -0.15) is 0 Å². The third-order valence-corrected chi connectivity index (χ3v) is 3.21. The average Bonchev–Trinajstić information content (AvgIpc) is 2.83. The van der Waals surface area contributed by atoms with Crippen molar-refractivity contribution in [1.29, 1.82) is 0 Å². The molecule has 0 aromatic heterocycles. The molecule has 3 N–H and O–H groups in total. The smallest absolute Gasteiger partial charge is 0.246 e. The van der Waals surface area contributed by atoms with Gasteiger partial charge in [0.25, 0.3) is 0 Å². The van der Waals surface area contributed by atoms with Crippen molar-refractivity contribution in [2.45, 2.75) is 12.7 Å². The second kappa shape index (κ2) is 7.23. The van der Waals surface area contributed by atoms with Gasteiger partial charge < -0.3 is 20.5 Å². The van der Waals surface area contributed by atoms with Crippen LogP contribution in [0.25, 0.3) is 0 Å². The zero-order chi connectivity index (χ0) is 13.5. The maximum atomic E-state index is 11.6. The van der Waals surface area contributed by atoms with Crippen LogP contribution >= 0.6 is 0 Å². The maximum Gasteiger partial charge on any atom is 0.246 e. The largest absolute Gasteiger partial charge is 0.391 e. The van der Waals surface area contributed by atoms with Gasteiger partial charge in [0.15, 0.2) is 0 Å². The van der Waals surface area contributed by atoms with Gasteiger partial charge >= 0.3 is 0 Å². The number of ether oxygens (including phenoxy) is 1. The number of hydrogen-bond acceptors (Lipinski definition) is 4. The van der Waals surface area contributed by atoms with E-state index < -0.39 is 0 Å². The molecule has 19 heavy (non-hydrogen) atoms. The van der Waals surface area contributed by atoms with E-state index in [1.807, 2.05) is 30.3 Å².